The van der Waals surface area contributed by atoms with Crippen molar-refractivity contribution >= 4 is 29.4 Å². The molecule has 1 aromatic carbocycles. The number of halogens is 4. The van der Waals surface area contributed by atoms with Crippen LogP contribution in [0.15, 0.2) is 18.2 Å². The molecule has 0 bridgehead atoms. The van der Waals surface area contributed by atoms with E-state index in [0.717, 1.165) is 17.0 Å². The molecule has 2 N–H and O–H groups in total. The van der Waals surface area contributed by atoms with Crippen molar-refractivity contribution < 1.29 is 37.8 Å². The van der Waals surface area contributed by atoms with Crippen molar-refractivity contribution in [1.82, 2.24) is 4.90 Å². The second-order valence-electron chi connectivity index (χ2n) is 6.30. The molecule has 134 valence electrons. The van der Waals surface area contributed by atoms with E-state index in [9.17, 15) is 37.8 Å². The number of carboxylic acid groups (broad SMARTS) is 2. The lowest BCUT2D eigenvalue weighted by Crippen LogP contribution is -2.34. The second-order valence-corrected chi connectivity index (χ2v) is 6.71. The number of likely N-dealkylation sites (tertiary alicyclic amines) is 1. The Balaban J connectivity index is 1.94. The van der Waals surface area contributed by atoms with Crippen LogP contribution in [0.25, 0.3) is 0 Å². The van der Waals surface area contributed by atoms with Crippen molar-refractivity contribution in [3.05, 3.63) is 34.3 Å². The molecule has 1 aliphatic carbocycles. The van der Waals surface area contributed by atoms with Crippen molar-refractivity contribution in [2.75, 3.05) is 13.1 Å². The smallest absolute Gasteiger partial charge is 0.416 e. The van der Waals surface area contributed by atoms with Crippen molar-refractivity contribution in [2.24, 2.45) is 10.8 Å². The lowest BCUT2D eigenvalue weighted by molar-refractivity contribution is -0.151. The van der Waals surface area contributed by atoms with E-state index in [1.54, 1.807) is 0 Å². The number of carboxylic acids is 2. The molecule has 0 spiro atoms. The predicted octanol–water partition coefficient (Wildman–Crippen LogP) is 2.36. The van der Waals surface area contributed by atoms with Crippen LogP contribution in [-0.2, 0) is 15.8 Å². The van der Waals surface area contributed by atoms with Crippen LogP contribution >= 0.6 is 11.6 Å². The van der Waals surface area contributed by atoms with Crippen LogP contribution in [0, 0.1) is 10.8 Å². The molecule has 1 heterocycles. The van der Waals surface area contributed by atoms with Gasteiger partial charge in [-0.15, -0.1) is 0 Å². The molecule has 2 fully saturated rings. The van der Waals surface area contributed by atoms with Crippen LogP contribution in [0.5, 0.6) is 0 Å². The number of carbonyl (C=O) groups excluding carboxylic acids is 1. The Morgan fingerprint density at radius 1 is 1.08 bits per heavy atom. The summed E-state index contributed by atoms with van der Waals surface area (Å²) in [5.41, 5.74) is -4.74. The molecule has 3 rings (SSSR count). The van der Waals surface area contributed by atoms with Crippen LogP contribution < -0.4 is 0 Å². The molecule has 1 saturated carbocycles. The molecule has 25 heavy (non-hydrogen) atoms. The Hall–Kier alpha value is -2.29. The van der Waals surface area contributed by atoms with Crippen LogP contribution in [0.1, 0.15) is 22.3 Å². The summed E-state index contributed by atoms with van der Waals surface area (Å²) >= 11 is 5.81. The minimum Gasteiger partial charge on any atom is -0.481 e. The quantitative estimate of drug-likeness (QED) is 0.843. The highest BCUT2D eigenvalue weighted by molar-refractivity contribution is 6.33. The van der Waals surface area contributed by atoms with Crippen molar-refractivity contribution in [2.45, 2.75) is 12.6 Å². The molecular formula is C15H11ClF3NO5. The van der Waals surface area contributed by atoms with Crippen LogP contribution in [0.4, 0.5) is 13.2 Å². The van der Waals surface area contributed by atoms with E-state index in [1.807, 2.05) is 0 Å². The van der Waals surface area contributed by atoms with E-state index < -0.39 is 46.0 Å². The molecule has 6 nitrogen and oxygen atoms in total. The highest BCUT2D eigenvalue weighted by Crippen LogP contribution is 2.68. The molecule has 2 aliphatic rings. The van der Waals surface area contributed by atoms with Gasteiger partial charge in [0.05, 0.1) is 16.1 Å². The van der Waals surface area contributed by atoms with E-state index >= 15 is 0 Å². The predicted molar refractivity (Wildman–Crippen MR) is 77.1 cm³/mol. The fourth-order valence-electron chi connectivity index (χ4n) is 3.47. The third-order valence-electron chi connectivity index (χ3n) is 4.95. The van der Waals surface area contributed by atoms with Gasteiger partial charge < -0.3 is 15.1 Å². The Morgan fingerprint density at radius 3 is 2.04 bits per heavy atom. The number of alkyl halides is 3. The normalized spacial score (nSPS) is 27.8. The Bertz CT molecular complexity index is 783. The first-order chi connectivity index (χ1) is 11.4. The summed E-state index contributed by atoms with van der Waals surface area (Å²) < 4.78 is 38.5. The van der Waals surface area contributed by atoms with Crippen LogP contribution in [-0.4, -0.2) is 46.0 Å². The average Bonchev–Trinajstić information content (AvgIpc) is 3.04. The van der Waals surface area contributed by atoms with Gasteiger partial charge in [0, 0.05) is 13.1 Å². The first kappa shape index (κ1) is 17.5. The van der Waals surface area contributed by atoms with Crippen LogP contribution in [0.3, 0.4) is 0 Å². The van der Waals surface area contributed by atoms with Gasteiger partial charge >= 0.3 is 18.1 Å². The molecular weight excluding hydrogens is 367 g/mol. The molecule has 2 atom stereocenters. The standard InChI is InChI=1S/C15H11ClF3NO5/c16-9-2-1-7(15(17,18)19)3-8(9)10(21)20-5-13(11(22)23)4-14(13,6-20)12(24)25/h1-3H,4-6H2,(H,22,23)(H,24,25)/t13-,14+. The molecule has 0 radical (unpaired) electrons. The van der Waals surface area contributed by atoms with Crippen molar-refractivity contribution in [3.63, 3.8) is 0 Å². The van der Waals surface area contributed by atoms with E-state index in [2.05, 4.69) is 0 Å². The van der Waals surface area contributed by atoms with Crippen molar-refractivity contribution in [3.8, 4) is 0 Å². The largest absolute Gasteiger partial charge is 0.481 e. The summed E-state index contributed by atoms with van der Waals surface area (Å²) in [5.74, 6) is -3.62. The van der Waals surface area contributed by atoms with Gasteiger partial charge in [-0.05, 0) is 24.6 Å². The Morgan fingerprint density at radius 2 is 1.60 bits per heavy atom. The number of benzene rings is 1. The number of fused-ring (bicyclic) bond motifs is 1. The second kappa shape index (κ2) is 5.10. The number of hydrogen-bond acceptors (Lipinski definition) is 3. The van der Waals surface area contributed by atoms with E-state index in [0.29, 0.717) is 6.07 Å². The number of carbonyl (C=O) groups is 3. The third-order valence-corrected chi connectivity index (χ3v) is 5.28. The van der Waals surface area contributed by atoms with Gasteiger partial charge in [-0.2, -0.15) is 13.2 Å². The maximum Gasteiger partial charge on any atom is 0.416 e. The summed E-state index contributed by atoms with van der Waals surface area (Å²) in [4.78, 5) is 36.4. The van der Waals surface area contributed by atoms with E-state index in [1.165, 1.54) is 0 Å². The van der Waals surface area contributed by atoms with Gasteiger partial charge in [-0.3, -0.25) is 14.4 Å². The number of piperidine rings is 1. The minimum atomic E-state index is -4.68. The number of amides is 1. The highest BCUT2D eigenvalue weighted by atomic mass is 35.5. The van der Waals surface area contributed by atoms with Crippen LogP contribution in [0.2, 0.25) is 5.02 Å². The SMILES string of the molecule is O=C(c1cc(C(F)(F)F)ccc1Cl)N1C[C@@]2(C(=O)O)C[C@@]2(C(=O)O)C1. The van der Waals surface area contributed by atoms with Gasteiger partial charge in [0.15, 0.2) is 0 Å². The lowest BCUT2D eigenvalue weighted by Gasteiger charge is -2.21. The number of rotatable bonds is 3. The number of nitrogens with zero attached hydrogens (tertiary/aromatic N) is 1. The first-order valence-electron chi connectivity index (χ1n) is 7.07. The van der Waals surface area contributed by atoms with Crippen molar-refractivity contribution in [1.29, 1.82) is 0 Å². The number of hydrogen-bond donors (Lipinski definition) is 2. The summed E-state index contributed by atoms with van der Waals surface area (Å²) in [6.45, 7) is -0.778. The maximum atomic E-state index is 12.8. The van der Waals surface area contributed by atoms with Gasteiger partial charge in [0.1, 0.15) is 10.8 Å². The third kappa shape index (κ3) is 2.37. The van der Waals surface area contributed by atoms with E-state index in [4.69, 9.17) is 11.6 Å². The summed E-state index contributed by atoms with van der Waals surface area (Å²) in [6.07, 6.45) is -4.80. The molecule has 0 aromatic heterocycles. The maximum absolute atomic E-state index is 12.8. The molecule has 0 unspecified atom stereocenters. The fourth-order valence-corrected chi connectivity index (χ4v) is 3.67. The van der Waals surface area contributed by atoms with Gasteiger partial charge in [-0.25, -0.2) is 0 Å². The molecule has 1 aliphatic heterocycles. The molecule has 10 heteroatoms. The molecule has 1 saturated heterocycles. The minimum absolute atomic E-state index is 0.120. The first-order valence-corrected chi connectivity index (χ1v) is 7.45. The summed E-state index contributed by atoms with van der Waals surface area (Å²) in [6, 6.07) is 2.22. The zero-order valence-electron chi connectivity index (χ0n) is 12.4. The van der Waals surface area contributed by atoms with Gasteiger partial charge in [0.2, 0.25) is 0 Å². The van der Waals surface area contributed by atoms with E-state index in [-0.39, 0.29) is 24.5 Å². The average molecular weight is 378 g/mol. The zero-order chi connectivity index (χ0) is 18.8. The Kier molecular flexibility index (Phi) is 3.58. The summed E-state index contributed by atoms with van der Waals surface area (Å²) in [5, 5.41) is 18.4. The Labute approximate surface area is 143 Å². The van der Waals surface area contributed by atoms with Gasteiger partial charge in [-0.1, -0.05) is 11.6 Å². The zero-order valence-corrected chi connectivity index (χ0v) is 13.2. The lowest BCUT2D eigenvalue weighted by atomic mass is 9.97. The molecule has 1 amide bonds. The van der Waals surface area contributed by atoms with Gasteiger partial charge in [0.25, 0.3) is 5.91 Å². The number of aliphatic carboxylic acids is 2. The monoisotopic (exact) mass is 377 g/mol. The fraction of sp³-hybridized carbons (Fsp3) is 0.400. The highest BCUT2D eigenvalue weighted by Gasteiger charge is 2.81. The molecule has 1 aromatic rings. The summed E-state index contributed by atoms with van der Waals surface area (Å²) in [7, 11) is 0. The topological polar surface area (TPSA) is 94.9 Å².